The Morgan fingerprint density at radius 2 is 2.14 bits per heavy atom. The Bertz CT molecular complexity index is 313. The summed E-state index contributed by atoms with van der Waals surface area (Å²) in [6, 6.07) is -0.249. The van der Waals surface area contributed by atoms with Crippen LogP contribution in [0.15, 0.2) is 0 Å². The van der Waals surface area contributed by atoms with Crippen molar-refractivity contribution in [2.24, 2.45) is 5.92 Å². The highest BCUT2D eigenvalue weighted by atomic mass is 16.4. The van der Waals surface area contributed by atoms with Crippen molar-refractivity contribution in [3.63, 3.8) is 0 Å². The lowest BCUT2D eigenvalue weighted by Gasteiger charge is -2.20. The van der Waals surface area contributed by atoms with Crippen LogP contribution in [0.1, 0.15) is 20.3 Å². The molecule has 1 saturated heterocycles. The van der Waals surface area contributed by atoms with E-state index >= 15 is 0 Å². The maximum Gasteiger partial charge on any atom is 0.308 e. The van der Waals surface area contributed by atoms with Crippen molar-refractivity contribution in [1.29, 1.82) is 0 Å². The van der Waals surface area contributed by atoms with Gasteiger partial charge in [0, 0.05) is 12.6 Å². The van der Waals surface area contributed by atoms with E-state index in [1.807, 2.05) is 0 Å². The average molecular weight is 195 g/mol. The number of rotatable bonds is 1. The number of amides is 1. The van der Waals surface area contributed by atoms with E-state index in [1.165, 1.54) is 4.90 Å². The van der Waals surface area contributed by atoms with Crippen LogP contribution >= 0.6 is 0 Å². The van der Waals surface area contributed by atoms with Gasteiger partial charge in [-0.15, -0.1) is 0 Å². The van der Waals surface area contributed by atoms with Gasteiger partial charge in [-0.2, -0.15) is 0 Å². The number of aliphatic carboxylic acids is 1. The van der Waals surface area contributed by atoms with Gasteiger partial charge in [0.15, 0.2) is 0 Å². The Hall–Kier alpha value is -1.50. The molecule has 0 saturated carbocycles. The second-order valence-corrected chi connectivity index (χ2v) is 3.35. The zero-order chi connectivity index (χ0) is 10.7. The monoisotopic (exact) mass is 195 g/mol. The summed E-state index contributed by atoms with van der Waals surface area (Å²) >= 11 is 0. The van der Waals surface area contributed by atoms with Crippen molar-refractivity contribution in [2.75, 3.05) is 6.54 Å². The van der Waals surface area contributed by atoms with Crippen LogP contribution in [0.2, 0.25) is 0 Å². The maximum atomic E-state index is 11.4. The standard InChI is InChI=1S/C10H13NO3/c1-3-4-9(12)11-6-5-8(7(11)2)10(13)14/h7-8H,5-6H2,1-2H3,(H,13,14). The van der Waals surface area contributed by atoms with Gasteiger partial charge in [-0.05, 0) is 26.2 Å². The molecular formula is C10H13NO3. The summed E-state index contributed by atoms with van der Waals surface area (Å²) in [6.45, 7) is 3.83. The van der Waals surface area contributed by atoms with Gasteiger partial charge in [0.25, 0.3) is 5.91 Å². The molecule has 2 atom stereocenters. The van der Waals surface area contributed by atoms with Gasteiger partial charge in [0.05, 0.1) is 5.92 Å². The van der Waals surface area contributed by atoms with Crippen molar-refractivity contribution >= 4 is 11.9 Å². The van der Waals surface area contributed by atoms with E-state index < -0.39 is 11.9 Å². The molecule has 0 aromatic heterocycles. The highest BCUT2D eigenvalue weighted by molar-refractivity contribution is 5.94. The maximum absolute atomic E-state index is 11.4. The molecule has 1 amide bonds. The van der Waals surface area contributed by atoms with Crippen molar-refractivity contribution < 1.29 is 14.7 Å². The third-order valence-electron chi connectivity index (χ3n) is 2.56. The number of carboxylic acids is 1. The summed E-state index contributed by atoms with van der Waals surface area (Å²) in [6.07, 6.45) is 0.521. The Morgan fingerprint density at radius 1 is 1.50 bits per heavy atom. The second-order valence-electron chi connectivity index (χ2n) is 3.35. The molecule has 0 spiro atoms. The molecule has 0 bridgehead atoms. The molecule has 2 unspecified atom stereocenters. The molecule has 4 nitrogen and oxygen atoms in total. The van der Waals surface area contributed by atoms with Gasteiger partial charge in [0.2, 0.25) is 0 Å². The van der Waals surface area contributed by atoms with E-state index in [2.05, 4.69) is 11.8 Å². The fourth-order valence-corrected chi connectivity index (χ4v) is 1.74. The first-order chi connectivity index (χ1) is 6.57. The quantitative estimate of drug-likeness (QED) is 0.613. The molecule has 0 aliphatic carbocycles. The number of carbonyl (C=O) groups excluding carboxylic acids is 1. The largest absolute Gasteiger partial charge is 0.481 e. The molecule has 4 heteroatoms. The normalized spacial score (nSPS) is 25.4. The summed E-state index contributed by atoms with van der Waals surface area (Å²) in [7, 11) is 0. The lowest BCUT2D eigenvalue weighted by molar-refractivity contribution is -0.142. The SMILES string of the molecule is CC#CC(=O)N1CCC(C(=O)O)C1C. The highest BCUT2D eigenvalue weighted by Gasteiger charge is 2.37. The fraction of sp³-hybridized carbons (Fsp3) is 0.600. The Balaban J connectivity index is 2.71. The number of hydrogen-bond acceptors (Lipinski definition) is 2. The smallest absolute Gasteiger partial charge is 0.308 e. The van der Waals surface area contributed by atoms with E-state index in [-0.39, 0.29) is 11.9 Å². The minimum absolute atomic E-state index is 0.249. The molecule has 1 rings (SSSR count). The molecule has 76 valence electrons. The first-order valence-corrected chi connectivity index (χ1v) is 4.54. The number of carbonyl (C=O) groups is 2. The first kappa shape index (κ1) is 10.6. The van der Waals surface area contributed by atoms with Crippen molar-refractivity contribution in [1.82, 2.24) is 4.90 Å². The second kappa shape index (κ2) is 4.14. The summed E-state index contributed by atoms with van der Waals surface area (Å²) in [4.78, 5) is 23.7. The summed E-state index contributed by atoms with van der Waals surface area (Å²) < 4.78 is 0. The van der Waals surface area contributed by atoms with E-state index in [9.17, 15) is 9.59 Å². The van der Waals surface area contributed by atoms with Gasteiger partial charge < -0.3 is 10.0 Å². The highest BCUT2D eigenvalue weighted by Crippen LogP contribution is 2.23. The summed E-state index contributed by atoms with van der Waals surface area (Å²) in [5, 5.41) is 8.84. The molecular weight excluding hydrogens is 182 g/mol. The van der Waals surface area contributed by atoms with Crippen LogP contribution in [0.25, 0.3) is 0 Å². The Morgan fingerprint density at radius 3 is 2.57 bits per heavy atom. The Labute approximate surface area is 82.9 Å². The molecule has 1 aliphatic rings. The zero-order valence-corrected chi connectivity index (χ0v) is 8.28. The molecule has 0 radical (unpaired) electrons. The molecule has 0 aromatic carbocycles. The van der Waals surface area contributed by atoms with E-state index in [4.69, 9.17) is 5.11 Å². The molecule has 1 N–H and O–H groups in total. The lowest BCUT2D eigenvalue weighted by atomic mass is 10.0. The van der Waals surface area contributed by atoms with Gasteiger partial charge in [-0.25, -0.2) is 0 Å². The van der Waals surface area contributed by atoms with Gasteiger partial charge in [-0.1, -0.05) is 5.92 Å². The third kappa shape index (κ3) is 1.87. The van der Waals surface area contributed by atoms with Crippen LogP contribution in [0.4, 0.5) is 0 Å². The lowest BCUT2D eigenvalue weighted by Crippen LogP contribution is -2.36. The van der Waals surface area contributed by atoms with Gasteiger partial charge >= 0.3 is 5.97 Å². The van der Waals surface area contributed by atoms with Gasteiger partial charge in [-0.3, -0.25) is 9.59 Å². The Kier molecular flexibility index (Phi) is 3.13. The first-order valence-electron chi connectivity index (χ1n) is 4.54. The number of likely N-dealkylation sites (tertiary alicyclic amines) is 1. The number of carboxylic acid groups (broad SMARTS) is 1. The minimum atomic E-state index is -0.836. The van der Waals surface area contributed by atoms with Crippen LogP contribution in [-0.4, -0.2) is 34.5 Å². The number of hydrogen-bond donors (Lipinski definition) is 1. The van der Waals surface area contributed by atoms with Crippen LogP contribution in [0.5, 0.6) is 0 Å². The number of nitrogens with zero attached hydrogens (tertiary/aromatic N) is 1. The summed E-state index contributed by atoms with van der Waals surface area (Å²) in [5.74, 6) is 3.38. The van der Waals surface area contributed by atoms with Crippen LogP contribution < -0.4 is 0 Å². The van der Waals surface area contributed by atoms with E-state index in [0.29, 0.717) is 13.0 Å². The van der Waals surface area contributed by atoms with Gasteiger partial charge in [0.1, 0.15) is 0 Å². The van der Waals surface area contributed by atoms with Crippen LogP contribution in [-0.2, 0) is 9.59 Å². The molecule has 0 aromatic rings. The molecule has 1 fully saturated rings. The fourth-order valence-electron chi connectivity index (χ4n) is 1.74. The molecule has 1 aliphatic heterocycles. The predicted molar refractivity (Wildman–Crippen MR) is 50.4 cm³/mol. The van der Waals surface area contributed by atoms with Crippen molar-refractivity contribution in [2.45, 2.75) is 26.3 Å². The summed E-state index contributed by atoms with van der Waals surface area (Å²) in [5.41, 5.74) is 0. The predicted octanol–water partition coefficient (Wildman–Crippen LogP) is 0.331. The van der Waals surface area contributed by atoms with Crippen LogP contribution in [0.3, 0.4) is 0 Å². The molecule has 1 heterocycles. The van der Waals surface area contributed by atoms with E-state index in [1.54, 1.807) is 13.8 Å². The van der Waals surface area contributed by atoms with E-state index in [0.717, 1.165) is 0 Å². The molecule has 14 heavy (non-hydrogen) atoms. The van der Waals surface area contributed by atoms with Crippen molar-refractivity contribution in [3.05, 3.63) is 0 Å². The minimum Gasteiger partial charge on any atom is -0.481 e. The zero-order valence-electron chi connectivity index (χ0n) is 8.28. The van der Waals surface area contributed by atoms with Crippen LogP contribution in [0, 0.1) is 17.8 Å². The topological polar surface area (TPSA) is 57.6 Å². The van der Waals surface area contributed by atoms with Crippen molar-refractivity contribution in [3.8, 4) is 11.8 Å². The third-order valence-corrected chi connectivity index (χ3v) is 2.56. The average Bonchev–Trinajstić information content (AvgIpc) is 2.47.